The van der Waals surface area contributed by atoms with Crippen LogP contribution in [0.3, 0.4) is 0 Å². The van der Waals surface area contributed by atoms with Crippen LogP contribution in [0.15, 0.2) is 65.4 Å². The van der Waals surface area contributed by atoms with Crippen LogP contribution in [0.1, 0.15) is 22.1 Å². The van der Waals surface area contributed by atoms with Gasteiger partial charge in [0.1, 0.15) is 23.7 Å². The van der Waals surface area contributed by atoms with E-state index in [9.17, 15) is 23.6 Å². The normalized spacial score (nSPS) is 16.3. The molecule has 1 aliphatic rings. The van der Waals surface area contributed by atoms with E-state index in [0.29, 0.717) is 20.7 Å². The number of amides is 2. The second-order valence-electron chi connectivity index (χ2n) is 6.66. The number of carbonyl (C=O) groups is 2. The highest BCUT2D eigenvalue weighted by Crippen LogP contribution is 2.33. The Hall–Kier alpha value is -3.17. The number of carbonyl (C=O) groups excluding carboxylic acids is 2. The first-order valence-electron chi connectivity index (χ1n) is 8.83. The predicted molar refractivity (Wildman–Crippen MR) is 106 cm³/mol. The molecule has 0 spiro atoms. The molecule has 2 aromatic carbocycles. The molecule has 3 aromatic rings. The van der Waals surface area contributed by atoms with Crippen LogP contribution in [-0.4, -0.2) is 38.5 Å². The SMILES string of the molecule is O=C1CN(C(=O)c2c(F)cc(-c3cccnc3)cc2F)C(c2cccc(Br)c2)N1O. The molecule has 9 heteroatoms. The van der Waals surface area contributed by atoms with Gasteiger partial charge in [-0.3, -0.25) is 19.8 Å². The number of benzene rings is 2. The van der Waals surface area contributed by atoms with Crippen molar-refractivity contribution < 1.29 is 23.6 Å². The van der Waals surface area contributed by atoms with Gasteiger partial charge in [0.2, 0.25) is 0 Å². The molecule has 4 rings (SSSR count). The fraction of sp³-hybridized carbons (Fsp3) is 0.0952. The summed E-state index contributed by atoms with van der Waals surface area (Å²) in [6.45, 7) is -0.518. The van der Waals surface area contributed by atoms with Gasteiger partial charge in [-0.2, -0.15) is 5.06 Å². The number of hydrogen-bond acceptors (Lipinski definition) is 4. The number of pyridine rings is 1. The summed E-state index contributed by atoms with van der Waals surface area (Å²) in [7, 11) is 0. The van der Waals surface area contributed by atoms with Gasteiger partial charge in [-0.15, -0.1) is 0 Å². The molecule has 2 amide bonds. The molecule has 1 fully saturated rings. The number of aromatic nitrogens is 1. The summed E-state index contributed by atoms with van der Waals surface area (Å²) in [5.74, 6) is -3.95. The quantitative estimate of drug-likeness (QED) is 0.579. The second-order valence-corrected chi connectivity index (χ2v) is 7.57. The van der Waals surface area contributed by atoms with Crippen molar-refractivity contribution in [1.82, 2.24) is 14.9 Å². The largest absolute Gasteiger partial charge is 0.302 e. The van der Waals surface area contributed by atoms with Crippen molar-refractivity contribution >= 4 is 27.7 Å². The fourth-order valence-corrected chi connectivity index (χ4v) is 3.78. The third kappa shape index (κ3) is 3.57. The summed E-state index contributed by atoms with van der Waals surface area (Å²) in [4.78, 5) is 29.9. The molecule has 0 aliphatic carbocycles. The molecular formula is C21H14BrF2N3O3. The van der Waals surface area contributed by atoms with Gasteiger partial charge >= 0.3 is 0 Å². The first kappa shape index (κ1) is 20.1. The Morgan fingerprint density at radius 3 is 2.47 bits per heavy atom. The van der Waals surface area contributed by atoms with Crippen molar-refractivity contribution in [3.8, 4) is 11.1 Å². The molecular weight excluding hydrogens is 460 g/mol. The van der Waals surface area contributed by atoms with Gasteiger partial charge < -0.3 is 4.90 Å². The molecule has 0 saturated carbocycles. The van der Waals surface area contributed by atoms with E-state index in [4.69, 9.17) is 0 Å². The fourth-order valence-electron chi connectivity index (χ4n) is 3.37. The highest BCUT2D eigenvalue weighted by Gasteiger charge is 2.43. The van der Waals surface area contributed by atoms with E-state index in [0.717, 1.165) is 17.0 Å². The Kier molecular flexibility index (Phi) is 5.31. The molecule has 1 N–H and O–H groups in total. The standard InChI is InChI=1S/C21H14BrF2N3O3/c22-15-5-1-3-12(7-15)20-26(11-18(28)27(20)30)21(29)19-16(23)8-14(9-17(19)24)13-4-2-6-25-10-13/h1-10,20,30H,11H2. The minimum atomic E-state index is -1.21. The number of nitrogens with zero attached hydrogens (tertiary/aromatic N) is 3. The molecule has 0 radical (unpaired) electrons. The Bertz CT molecular complexity index is 1120. The van der Waals surface area contributed by atoms with E-state index in [1.54, 1.807) is 36.4 Å². The lowest BCUT2D eigenvalue weighted by atomic mass is 10.0. The first-order chi connectivity index (χ1) is 14.4. The van der Waals surface area contributed by atoms with Gasteiger partial charge in [0, 0.05) is 22.4 Å². The van der Waals surface area contributed by atoms with E-state index < -0.39 is 41.7 Å². The highest BCUT2D eigenvalue weighted by molar-refractivity contribution is 9.10. The molecule has 152 valence electrons. The van der Waals surface area contributed by atoms with Crippen LogP contribution in [-0.2, 0) is 4.79 Å². The summed E-state index contributed by atoms with van der Waals surface area (Å²) >= 11 is 3.29. The topological polar surface area (TPSA) is 73.7 Å². The number of hydroxylamine groups is 2. The predicted octanol–water partition coefficient (Wildman–Crippen LogP) is 4.16. The number of hydrogen-bond donors (Lipinski definition) is 1. The van der Waals surface area contributed by atoms with E-state index in [2.05, 4.69) is 20.9 Å². The van der Waals surface area contributed by atoms with Crippen molar-refractivity contribution in [1.29, 1.82) is 0 Å². The van der Waals surface area contributed by atoms with E-state index >= 15 is 0 Å². The maximum absolute atomic E-state index is 14.8. The Balaban J connectivity index is 1.74. The van der Waals surface area contributed by atoms with Crippen LogP contribution in [0.5, 0.6) is 0 Å². The first-order valence-corrected chi connectivity index (χ1v) is 9.63. The average molecular weight is 474 g/mol. The summed E-state index contributed by atoms with van der Waals surface area (Å²) in [5.41, 5.74) is 0.309. The van der Waals surface area contributed by atoms with Crippen LogP contribution in [0.2, 0.25) is 0 Å². The molecule has 1 unspecified atom stereocenters. The summed E-state index contributed by atoms with van der Waals surface area (Å²) in [6.07, 6.45) is 1.77. The molecule has 30 heavy (non-hydrogen) atoms. The summed E-state index contributed by atoms with van der Waals surface area (Å²) in [5, 5.41) is 10.6. The molecule has 1 atom stereocenters. The second kappa shape index (κ2) is 7.92. The lowest BCUT2D eigenvalue weighted by Gasteiger charge is -2.27. The third-order valence-corrected chi connectivity index (χ3v) is 5.24. The van der Waals surface area contributed by atoms with Gasteiger partial charge in [0.15, 0.2) is 6.17 Å². The molecule has 6 nitrogen and oxygen atoms in total. The van der Waals surface area contributed by atoms with Gasteiger partial charge in [-0.05, 0) is 41.5 Å². The van der Waals surface area contributed by atoms with Gasteiger partial charge in [0.05, 0.1) is 0 Å². The highest BCUT2D eigenvalue weighted by atomic mass is 79.9. The van der Waals surface area contributed by atoms with E-state index in [1.807, 2.05) is 0 Å². The van der Waals surface area contributed by atoms with Crippen molar-refractivity contribution in [2.75, 3.05) is 6.54 Å². The molecule has 1 saturated heterocycles. The zero-order valence-corrected chi connectivity index (χ0v) is 16.9. The van der Waals surface area contributed by atoms with Crippen molar-refractivity contribution in [3.63, 3.8) is 0 Å². The maximum atomic E-state index is 14.8. The van der Waals surface area contributed by atoms with Crippen LogP contribution >= 0.6 is 15.9 Å². The maximum Gasteiger partial charge on any atom is 0.267 e. The molecule has 1 aromatic heterocycles. The minimum absolute atomic E-state index is 0.222. The van der Waals surface area contributed by atoms with Gasteiger partial charge in [-0.25, -0.2) is 8.78 Å². The van der Waals surface area contributed by atoms with Crippen LogP contribution < -0.4 is 0 Å². The Morgan fingerprint density at radius 1 is 1.10 bits per heavy atom. The van der Waals surface area contributed by atoms with Crippen LogP contribution in [0, 0.1) is 11.6 Å². The van der Waals surface area contributed by atoms with Gasteiger partial charge in [0.25, 0.3) is 11.8 Å². The lowest BCUT2D eigenvalue weighted by molar-refractivity contribution is -0.168. The zero-order valence-electron chi connectivity index (χ0n) is 15.3. The third-order valence-electron chi connectivity index (χ3n) is 4.75. The van der Waals surface area contributed by atoms with Crippen molar-refractivity contribution in [2.45, 2.75) is 6.17 Å². The van der Waals surface area contributed by atoms with Gasteiger partial charge in [-0.1, -0.05) is 34.1 Å². The smallest absolute Gasteiger partial charge is 0.267 e. The zero-order chi connectivity index (χ0) is 21.4. The molecule has 1 aliphatic heterocycles. The minimum Gasteiger partial charge on any atom is -0.302 e. The Morgan fingerprint density at radius 2 is 1.83 bits per heavy atom. The van der Waals surface area contributed by atoms with Crippen molar-refractivity contribution in [3.05, 3.63) is 88.2 Å². The monoisotopic (exact) mass is 473 g/mol. The van der Waals surface area contributed by atoms with Crippen LogP contribution in [0.4, 0.5) is 8.78 Å². The number of halogens is 3. The van der Waals surface area contributed by atoms with Crippen LogP contribution in [0.25, 0.3) is 11.1 Å². The summed E-state index contributed by atoms with van der Waals surface area (Å²) in [6, 6.07) is 11.9. The Labute approximate surface area is 178 Å². The summed E-state index contributed by atoms with van der Waals surface area (Å²) < 4.78 is 30.3. The molecule has 0 bridgehead atoms. The van der Waals surface area contributed by atoms with E-state index in [-0.39, 0.29) is 5.56 Å². The average Bonchev–Trinajstić information content (AvgIpc) is 3.02. The number of rotatable bonds is 3. The van der Waals surface area contributed by atoms with Crippen molar-refractivity contribution in [2.24, 2.45) is 0 Å². The lowest BCUT2D eigenvalue weighted by Crippen LogP contribution is -2.35. The van der Waals surface area contributed by atoms with E-state index in [1.165, 1.54) is 12.4 Å². The molecule has 2 heterocycles.